The molecule has 3 rings (SSSR count). The van der Waals surface area contributed by atoms with Crippen molar-refractivity contribution in [1.82, 2.24) is 4.31 Å². The van der Waals surface area contributed by atoms with Gasteiger partial charge in [0.2, 0.25) is 5.91 Å². The van der Waals surface area contributed by atoms with Crippen LogP contribution in [-0.4, -0.2) is 38.8 Å². The van der Waals surface area contributed by atoms with Gasteiger partial charge in [-0.3, -0.25) is 4.79 Å². The van der Waals surface area contributed by atoms with Crippen molar-refractivity contribution >= 4 is 60.5 Å². The molecule has 1 fully saturated rings. The van der Waals surface area contributed by atoms with Gasteiger partial charge in [0, 0.05) is 18.1 Å². The maximum Gasteiger partial charge on any atom is 0.252 e. The molecule has 1 aliphatic heterocycles. The zero-order valence-electron chi connectivity index (χ0n) is 14.4. The number of carbonyl (C=O) groups excluding carboxylic acids is 1. The normalized spacial score (nSPS) is 18.3. The summed E-state index contributed by atoms with van der Waals surface area (Å²) in [5.41, 5.74) is 0.470. The molecule has 0 spiro atoms. The van der Waals surface area contributed by atoms with Gasteiger partial charge in [-0.25, -0.2) is 8.42 Å². The summed E-state index contributed by atoms with van der Waals surface area (Å²) >= 11 is 10.5. The van der Waals surface area contributed by atoms with Gasteiger partial charge in [0.25, 0.3) is 10.0 Å². The predicted octanol–water partition coefficient (Wildman–Crippen LogP) is 4.21. The number of anilines is 1. The summed E-state index contributed by atoms with van der Waals surface area (Å²) in [7, 11) is -2.10. The Hall–Kier alpha value is -1.13. The van der Waals surface area contributed by atoms with E-state index in [1.165, 1.54) is 11.4 Å². The molecule has 0 aliphatic carbocycles. The molecule has 1 atom stereocenters. The van der Waals surface area contributed by atoms with Crippen LogP contribution in [0.3, 0.4) is 0 Å². The Balaban J connectivity index is 1.74. The number of thiophene rings is 1. The van der Waals surface area contributed by atoms with Gasteiger partial charge in [-0.05, 0) is 59.1 Å². The first-order chi connectivity index (χ1) is 12.8. The Labute approximate surface area is 175 Å². The topological polar surface area (TPSA) is 75.7 Å². The molecule has 1 amide bonds. The van der Waals surface area contributed by atoms with E-state index in [1.807, 2.05) is 0 Å². The predicted molar refractivity (Wildman–Crippen MR) is 110 cm³/mol. The SMILES string of the molecule is COc1ccc(Cl)cc1NC(=O)[C@@H]1CCCN(S(=O)(=O)c2ccc(Br)s2)C1. The Morgan fingerprint density at radius 1 is 1.37 bits per heavy atom. The van der Waals surface area contributed by atoms with Crippen LogP contribution in [0.15, 0.2) is 38.3 Å². The Kier molecular flexibility index (Phi) is 6.47. The maximum atomic E-state index is 12.8. The number of rotatable bonds is 5. The fourth-order valence-corrected chi connectivity index (χ4v) is 6.81. The van der Waals surface area contributed by atoms with Crippen molar-refractivity contribution in [3.05, 3.63) is 39.1 Å². The second-order valence-electron chi connectivity index (χ2n) is 6.09. The molecule has 1 aromatic carbocycles. The van der Waals surface area contributed by atoms with Crippen molar-refractivity contribution in [3.63, 3.8) is 0 Å². The average molecular weight is 494 g/mol. The van der Waals surface area contributed by atoms with Gasteiger partial charge in [0.15, 0.2) is 0 Å². The van der Waals surface area contributed by atoms with Gasteiger partial charge in [-0.1, -0.05) is 11.6 Å². The van der Waals surface area contributed by atoms with Gasteiger partial charge in [-0.15, -0.1) is 11.3 Å². The maximum absolute atomic E-state index is 12.8. The standard InChI is InChI=1S/C17H18BrClN2O4S2/c1-25-14-5-4-12(19)9-13(14)20-17(22)11-3-2-8-21(10-11)27(23,24)16-7-6-15(18)26-16/h4-7,9,11H,2-3,8,10H2,1H3,(H,20,22)/t11-/m1/s1. The highest BCUT2D eigenvalue weighted by molar-refractivity contribution is 9.11. The summed E-state index contributed by atoms with van der Waals surface area (Å²) in [6.07, 6.45) is 1.24. The zero-order chi connectivity index (χ0) is 19.6. The minimum absolute atomic E-state index is 0.145. The van der Waals surface area contributed by atoms with E-state index >= 15 is 0 Å². The highest BCUT2D eigenvalue weighted by atomic mass is 79.9. The first-order valence-corrected chi connectivity index (χ1v) is 11.6. The lowest BCUT2D eigenvalue weighted by Gasteiger charge is -2.30. The van der Waals surface area contributed by atoms with Gasteiger partial charge in [-0.2, -0.15) is 4.31 Å². The van der Waals surface area contributed by atoms with Crippen LogP contribution in [-0.2, 0) is 14.8 Å². The van der Waals surface area contributed by atoms with Crippen LogP contribution in [0.2, 0.25) is 5.02 Å². The van der Waals surface area contributed by atoms with Crippen molar-refractivity contribution in [2.45, 2.75) is 17.1 Å². The van der Waals surface area contributed by atoms with Crippen molar-refractivity contribution in [2.24, 2.45) is 5.92 Å². The van der Waals surface area contributed by atoms with E-state index in [-0.39, 0.29) is 16.7 Å². The molecular formula is C17H18BrClN2O4S2. The first-order valence-electron chi connectivity index (χ1n) is 8.21. The van der Waals surface area contributed by atoms with E-state index in [1.54, 1.807) is 30.3 Å². The monoisotopic (exact) mass is 492 g/mol. The van der Waals surface area contributed by atoms with E-state index in [2.05, 4.69) is 21.2 Å². The Morgan fingerprint density at radius 2 is 2.15 bits per heavy atom. The van der Waals surface area contributed by atoms with Gasteiger partial charge in [0.1, 0.15) is 9.96 Å². The molecule has 0 unspecified atom stereocenters. The van der Waals surface area contributed by atoms with E-state index in [0.29, 0.717) is 35.8 Å². The number of benzene rings is 1. The number of nitrogens with one attached hydrogen (secondary N) is 1. The molecule has 1 aliphatic rings. The van der Waals surface area contributed by atoms with Gasteiger partial charge < -0.3 is 10.1 Å². The summed E-state index contributed by atoms with van der Waals surface area (Å²) in [5.74, 6) is -0.195. The number of nitrogens with zero attached hydrogens (tertiary/aromatic N) is 1. The van der Waals surface area contributed by atoms with Gasteiger partial charge in [0.05, 0.1) is 22.5 Å². The summed E-state index contributed by atoms with van der Waals surface area (Å²) in [6, 6.07) is 8.23. The van der Waals surface area contributed by atoms with Crippen molar-refractivity contribution < 1.29 is 17.9 Å². The van der Waals surface area contributed by atoms with Crippen LogP contribution >= 0.6 is 38.9 Å². The number of sulfonamides is 1. The van der Waals surface area contributed by atoms with Crippen LogP contribution in [0.1, 0.15) is 12.8 Å². The van der Waals surface area contributed by atoms with Crippen molar-refractivity contribution in [3.8, 4) is 5.75 Å². The van der Waals surface area contributed by atoms with Gasteiger partial charge >= 0.3 is 0 Å². The van der Waals surface area contributed by atoms with E-state index in [4.69, 9.17) is 16.3 Å². The molecule has 1 aromatic heterocycles. The fraction of sp³-hybridized carbons (Fsp3) is 0.353. The number of carbonyl (C=O) groups is 1. The molecule has 1 N–H and O–H groups in total. The van der Waals surface area contributed by atoms with E-state index in [0.717, 1.165) is 15.1 Å². The smallest absolute Gasteiger partial charge is 0.252 e. The summed E-state index contributed by atoms with van der Waals surface area (Å²) in [5, 5.41) is 3.29. The lowest BCUT2D eigenvalue weighted by atomic mass is 9.98. The molecule has 0 radical (unpaired) electrons. The molecule has 2 aromatic rings. The lowest BCUT2D eigenvalue weighted by molar-refractivity contribution is -0.120. The summed E-state index contributed by atoms with van der Waals surface area (Å²) in [6.45, 7) is 0.550. The lowest BCUT2D eigenvalue weighted by Crippen LogP contribution is -2.43. The van der Waals surface area contributed by atoms with Crippen molar-refractivity contribution in [1.29, 1.82) is 0 Å². The van der Waals surface area contributed by atoms with Crippen LogP contribution in [0.4, 0.5) is 5.69 Å². The third-order valence-electron chi connectivity index (χ3n) is 4.32. The molecule has 27 heavy (non-hydrogen) atoms. The molecular weight excluding hydrogens is 476 g/mol. The van der Waals surface area contributed by atoms with E-state index < -0.39 is 15.9 Å². The molecule has 1 saturated heterocycles. The third-order valence-corrected chi connectivity index (χ3v) is 8.51. The Morgan fingerprint density at radius 3 is 2.81 bits per heavy atom. The number of halogens is 2. The number of methoxy groups -OCH3 is 1. The first kappa shape index (κ1) is 20.6. The number of hydrogen-bond donors (Lipinski definition) is 1. The molecule has 10 heteroatoms. The highest BCUT2D eigenvalue weighted by Crippen LogP contribution is 2.32. The van der Waals surface area contributed by atoms with Crippen LogP contribution in [0.5, 0.6) is 5.75 Å². The second kappa shape index (κ2) is 8.48. The van der Waals surface area contributed by atoms with Crippen LogP contribution in [0.25, 0.3) is 0 Å². The van der Waals surface area contributed by atoms with Crippen LogP contribution in [0, 0.1) is 5.92 Å². The van der Waals surface area contributed by atoms with Crippen LogP contribution < -0.4 is 10.1 Å². The number of amides is 1. The average Bonchev–Trinajstić information content (AvgIpc) is 3.09. The Bertz CT molecular complexity index is 948. The van der Waals surface area contributed by atoms with Crippen molar-refractivity contribution in [2.75, 3.05) is 25.5 Å². The molecule has 0 bridgehead atoms. The van der Waals surface area contributed by atoms with E-state index in [9.17, 15) is 13.2 Å². The molecule has 2 heterocycles. The molecule has 146 valence electrons. The fourth-order valence-electron chi connectivity index (χ4n) is 2.95. The number of piperidine rings is 1. The zero-order valence-corrected chi connectivity index (χ0v) is 18.4. The summed E-state index contributed by atoms with van der Waals surface area (Å²) < 4.78 is 33.3. The largest absolute Gasteiger partial charge is 0.495 e. The minimum Gasteiger partial charge on any atom is -0.495 e. The molecule has 0 saturated carbocycles. The quantitative estimate of drug-likeness (QED) is 0.677. The number of hydrogen-bond acceptors (Lipinski definition) is 5. The minimum atomic E-state index is -3.60. The highest BCUT2D eigenvalue weighted by Gasteiger charge is 2.34. The summed E-state index contributed by atoms with van der Waals surface area (Å²) in [4.78, 5) is 12.7. The second-order valence-corrected chi connectivity index (χ2v) is 11.2. The molecule has 6 nitrogen and oxygen atoms in total. The third kappa shape index (κ3) is 4.65. The number of ether oxygens (including phenoxy) is 1.